The van der Waals surface area contributed by atoms with E-state index in [9.17, 15) is 23.3 Å². The van der Waals surface area contributed by atoms with Gasteiger partial charge < -0.3 is 10.5 Å². The Labute approximate surface area is 242 Å². The lowest BCUT2D eigenvalue weighted by molar-refractivity contribution is -0.119. The fourth-order valence-corrected chi connectivity index (χ4v) is 5.74. The van der Waals surface area contributed by atoms with Crippen molar-refractivity contribution >= 4 is 27.7 Å². The number of sulfonamides is 1. The smallest absolute Gasteiger partial charge is 0.421 e. The third-order valence-corrected chi connectivity index (χ3v) is 7.50. The number of benzene rings is 3. The molecule has 0 aliphatic heterocycles. The molecule has 0 heterocycles. The molecule has 0 aliphatic rings. The summed E-state index contributed by atoms with van der Waals surface area (Å²) in [5.41, 5.74) is 7.04. The number of hydrogen-bond donors (Lipinski definition) is 2. The van der Waals surface area contributed by atoms with Gasteiger partial charge in [0.25, 0.3) is 5.91 Å². The van der Waals surface area contributed by atoms with E-state index in [0.29, 0.717) is 22.3 Å². The summed E-state index contributed by atoms with van der Waals surface area (Å²) in [6, 6.07) is 20.6. The standard InChI is InChI=1S/C31H36N4O5S/c1-30(2,3)34-41(38,39)27-13-8-7-12-25(27)23-14-16-24(17-15-23)35(29(37)40-31(4,5)6)28(36)26(33)19-21-10-9-11-22(18-21)20-32/h7-18,26,34H,19,33H2,1-6H3/t26-/m0/s1. The van der Waals surface area contributed by atoms with E-state index in [1.54, 1.807) is 108 Å². The third kappa shape index (κ3) is 8.47. The van der Waals surface area contributed by atoms with Crippen molar-refractivity contribution in [1.82, 2.24) is 4.72 Å². The van der Waals surface area contributed by atoms with Crippen molar-refractivity contribution in [3.63, 3.8) is 0 Å². The van der Waals surface area contributed by atoms with E-state index < -0.39 is 39.2 Å². The van der Waals surface area contributed by atoms with Crippen LogP contribution in [0, 0.1) is 11.3 Å². The van der Waals surface area contributed by atoms with Crippen LogP contribution in [0.5, 0.6) is 0 Å². The molecular weight excluding hydrogens is 540 g/mol. The number of nitrogens with two attached hydrogens (primary N) is 1. The molecule has 216 valence electrons. The van der Waals surface area contributed by atoms with E-state index >= 15 is 0 Å². The molecule has 0 fully saturated rings. The molecule has 3 aromatic carbocycles. The Morgan fingerprint density at radius 2 is 1.61 bits per heavy atom. The Balaban J connectivity index is 1.98. The number of carbonyl (C=O) groups excluding carboxylic acids is 2. The molecule has 0 unspecified atom stereocenters. The van der Waals surface area contributed by atoms with Gasteiger partial charge in [-0.2, -0.15) is 5.26 Å². The Morgan fingerprint density at radius 3 is 2.20 bits per heavy atom. The highest BCUT2D eigenvalue weighted by Crippen LogP contribution is 2.30. The van der Waals surface area contributed by atoms with Crippen LogP contribution in [-0.4, -0.2) is 37.6 Å². The van der Waals surface area contributed by atoms with Gasteiger partial charge in [0.05, 0.1) is 28.3 Å². The molecule has 41 heavy (non-hydrogen) atoms. The Hall–Kier alpha value is -4.04. The van der Waals surface area contributed by atoms with Crippen LogP contribution in [0.25, 0.3) is 11.1 Å². The van der Waals surface area contributed by atoms with E-state index in [1.165, 1.54) is 6.07 Å². The van der Waals surface area contributed by atoms with Crippen molar-refractivity contribution in [2.75, 3.05) is 4.90 Å². The van der Waals surface area contributed by atoms with E-state index in [0.717, 1.165) is 4.90 Å². The summed E-state index contributed by atoms with van der Waals surface area (Å²) in [5, 5.41) is 9.18. The first-order chi connectivity index (χ1) is 19.0. The maximum atomic E-state index is 13.6. The quantitative estimate of drug-likeness (QED) is 0.396. The van der Waals surface area contributed by atoms with Crippen LogP contribution in [0.3, 0.4) is 0 Å². The van der Waals surface area contributed by atoms with Crippen LogP contribution in [0.4, 0.5) is 10.5 Å². The Morgan fingerprint density at radius 1 is 0.976 bits per heavy atom. The molecule has 0 aliphatic carbocycles. The van der Waals surface area contributed by atoms with Gasteiger partial charge in [0.15, 0.2) is 0 Å². The lowest BCUT2D eigenvalue weighted by atomic mass is 10.0. The van der Waals surface area contributed by atoms with E-state index in [4.69, 9.17) is 10.5 Å². The summed E-state index contributed by atoms with van der Waals surface area (Å²) in [6.07, 6.45) is -0.800. The zero-order chi connectivity index (χ0) is 30.6. The maximum absolute atomic E-state index is 13.6. The lowest BCUT2D eigenvalue weighted by Crippen LogP contribution is -2.49. The van der Waals surface area contributed by atoms with Gasteiger partial charge >= 0.3 is 6.09 Å². The Bertz CT molecular complexity index is 1560. The van der Waals surface area contributed by atoms with Gasteiger partial charge in [0, 0.05) is 11.1 Å². The van der Waals surface area contributed by atoms with Crippen molar-refractivity contribution in [3.8, 4) is 17.2 Å². The predicted octanol–water partition coefficient (Wildman–Crippen LogP) is 5.14. The second-order valence-electron chi connectivity index (χ2n) is 11.7. The van der Waals surface area contributed by atoms with Crippen LogP contribution in [-0.2, 0) is 26.0 Å². The van der Waals surface area contributed by atoms with Crippen LogP contribution in [0.15, 0.2) is 77.7 Å². The molecule has 1 atom stereocenters. The number of nitriles is 1. The molecular formula is C31H36N4O5S. The van der Waals surface area contributed by atoms with Crippen LogP contribution < -0.4 is 15.4 Å². The zero-order valence-corrected chi connectivity index (χ0v) is 25.0. The molecule has 0 spiro atoms. The highest BCUT2D eigenvalue weighted by Gasteiger charge is 2.32. The number of ether oxygens (including phenoxy) is 1. The maximum Gasteiger partial charge on any atom is 0.421 e. The first kappa shape index (κ1) is 31.5. The van der Waals surface area contributed by atoms with Crippen molar-refractivity contribution in [2.45, 2.75) is 70.0 Å². The van der Waals surface area contributed by atoms with Gasteiger partial charge in [-0.3, -0.25) is 4.79 Å². The molecule has 0 saturated carbocycles. The highest BCUT2D eigenvalue weighted by atomic mass is 32.2. The summed E-state index contributed by atoms with van der Waals surface area (Å²) < 4.78 is 34.5. The van der Waals surface area contributed by atoms with Crippen molar-refractivity contribution in [2.24, 2.45) is 5.73 Å². The minimum Gasteiger partial charge on any atom is -0.443 e. The molecule has 0 aromatic heterocycles. The normalized spacial score (nSPS) is 12.7. The van der Waals surface area contributed by atoms with Gasteiger partial charge in [-0.25, -0.2) is 22.8 Å². The number of rotatable bonds is 7. The van der Waals surface area contributed by atoms with E-state index in [-0.39, 0.29) is 17.0 Å². The van der Waals surface area contributed by atoms with Crippen LogP contribution >= 0.6 is 0 Å². The van der Waals surface area contributed by atoms with E-state index in [1.807, 2.05) is 0 Å². The number of carbonyl (C=O) groups is 2. The molecule has 3 rings (SSSR count). The zero-order valence-electron chi connectivity index (χ0n) is 24.1. The number of anilines is 1. The molecule has 0 saturated heterocycles. The lowest BCUT2D eigenvalue weighted by Gasteiger charge is -2.28. The topological polar surface area (TPSA) is 143 Å². The third-order valence-electron chi connectivity index (χ3n) is 5.68. The van der Waals surface area contributed by atoms with Crippen molar-refractivity contribution in [1.29, 1.82) is 5.26 Å². The summed E-state index contributed by atoms with van der Waals surface area (Å²) in [5.74, 6) is -0.688. The first-order valence-electron chi connectivity index (χ1n) is 13.1. The summed E-state index contributed by atoms with van der Waals surface area (Å²) >= 11 is 0. The number of hydrogen-bond acceptors (Lipinski definition) is 7. The largest absolute Gasteiger partial charge is 0.443 e. The second kappa shape index (κ2) is 12.2. The van der Waals surface area contributed by atoms with Gasteiger partial charge in [-0.05, 0) is 89.4 Å². The molecule has 2 amide bonds. The number of nitrogens with zero attached hydrogens (tertiary/aromatic N) is 2. The SMILES string of the molecule is CC(C)(C)NS(=O)(=O)c1ccccc1-c1ccc(N(C(=O)OC(C)(C)C)C(=O)[C@@H](N)Cc2cccc(C#N)c2)cc1. The predicted molar refractivity (Wildman–Crippen MR) is 159 cm³/mol. The second-order valence-corrected chi connectivity index (χ2v) is 13.3. The summed E-state index contributed by atoms with van der Waals surface area (Å²) in [4.78, 5) is 27.8. The number of amides is 2. The van der Waals surface area contributed by atoms with Gasteiger partial charge in [-0.15, -0.1) is 0 Å². The fourth-order valence-electron chi connectivity index (χ4n) is 4.09. The molecule has 0 bridgehead atoms. The van der Waals surface area contributed by atoms with E-state index in [2.05, 4.69) is 10.8 Å². The highest BCUT2D eigenvalue weighted by molar-refractivity contribution is 7.89. The average molecular weight is 577 g/mol. The fraction of sp³-hybridized carbons (Fsp3) is 0.323. The number of nitrogens with one attached hydrogen (secondary N) is 1. The molecule has 10 heteroatoms. The van der Waals surface area contributed by atoms with Crippen LogP contribution in [0.2, 0.25) is 0 Å². The minimum atomic E-state index is -3.84. The number of imide groups is 1. The average Bonchev–Trinajstić information content (AvgIpc) is 2.87. The summed E-state index contributed by atoms with van der Waals surface area (Å²) in [6.45, 7) is 10.3. The Kier molecular flexibility index (Phi) is 9.39. The first-order valence-corrected chi connectivity index (χ1v) is 14.5. The molecule has 0 radical (unpaired) electrons. The minimum absolute atomic E-state index is 0.0950. The molecule has 9 nitrogen and oxygen atoms in total. The van der Waals surface area contributed by atoms with Gasteiger partial charge in [0.1, 0.15) is 5.60 Å². The van der Waals surface area contributed by atoms with Crippen LogP contribution in [0.1, 0.15) is 52.7 Å². The monoisotopic (exact) mass is 576 g/mol. The van der Waals surface area contributed by atoms with Gasteiger partial charge in [0.2, 0.25) is 10.0 Å². The molecule has 3 aromatic rings. The van der Waals surface area contributed by atoms with Crippen molar-refractivity contribution < 1.29 is 22.7 Å². The van der Waals surface area contributed by atoms with Crippen molar-refractivity contribution in [3.05, 3.63) is 83.9 Å². The summed E-state index contributed by atoms with van der Waals surface area (Å²) in [7, 11) is -3.84. The van der Waals surface area contributed by atoms with Gasteiger partial charge in [-0.1, -0.05) is 42.5 Å². The molecule has 3 N–H and O–H groups in total.